The standard InChI is InChI=1S/C10H16O2/c1-5-6-7-8(9(11)12-4)10(7,2)3/h5-8H,1-4H3/b6-5+/t7-,8-/m1/s1. The average molecular weight is 168 g/mol. The predicted molar refractivity (Wildman–Crippen MR) is 47.6 cm³/mol. The fourth-order valence-electron chi connectivity index (χ4n) is 1.82. The van der Waals surface area contributed by atoms with Crippen LogP contribution in [0.5, 0.6) is 0 Å². The molecule has 0 bridgehead atoms. The van der Waals surface area contributed by atoms with Crippen molar-refractivity contribution in [1.82, 2.24) is 0 Å². The summed E-state index contributed by atoms with van der Waals surface area (Å²) in [7, 11) is 1.45. The minimum Gasteiger partial charge on any atom is -0.469 e. The van der Waals surface area contributed by atoms with Gasteiger partial charge in [-0.2, -0.15) is 0 Å². The lowest BCUT2D eigenvalue weighted by Crippen LogP contribution is -2.07. The van der Waals surface area contributed by atoms with Crippen molar-refractivity contribution in [3.63, 3.8) is 0 Å². The van der Waals surface area contributed by atoms with Gasteiger partial charge < -0.3 is 4.74 Å². The summed E-state index contributed by atoms with van der Waals surface area (Å²) in [6.45, 7) is 6.17. The molecule has 0 amide bonds. The first-order valence-electron chi connectivity index (χ1n) is 4.26. The van der Waals surface area contributed by atoms with Crippen LogP contribution in [0.1, 0.15) is 20.8 Å². The molecule has 2 heteroatoms. The molecular formula is C10H16O2. The Bertz CT molecular complexity index is 216. The Hall–Kier alpha value is -0.790. The molecule has 1 fully saturated rings. The van der Waals surface area contributed by atoms with E-state index in [-0.39, 0.29) is 17.3 Å². The SMILES string of the molecule is C/C=C/[C@@H]1[C@H](C(=O)OC)C1(C)C. The van der Waals surface area contributed by atoms with E-state index in [0.29, 0.717) is 5.92 Å². The molecule has 12 heavy (non-hydrogen) atoms. The van der Waals surface area contributed by atoms with Gasteiger partial charge in [0.2, 0.25) is 0 Å². The van der Waals surface area contributed by atoms with Crippen LogP contribution >= 0.6 is 0 Å². The lowest BCUT2D eigenvalue weighted by Gasteiger charge is -1.98. The van der Waals surface area contributed by atoms with Gasteiger partial charge >= 0.3 is 5.97 Å². The number of allylic oxidation sites excluding steroid dienone is 2. The van der Waals surface area contributed by atoms with E-state index in [0.717, 1.165) is 0 Å². The second-order valence-corrected chi connectivity index (χ2v) is 3.87. The Labute approximate surface area is 73.6 Å². The summed E-state index contributed by atoms with van der Waals surface area (Å²) in [5.41, 5.74) is 0.0968. The lowest BCUT2D eigenvalue weighted by molar-refractivity contribution is -0.143. The number of carbonyl (C=O) groups is 1. The van der Waals surface area contributed by atoms with Crippen molar-refractivity contribution >= 4 is 5.97 Å². The van der Waals surface area contributed by atoms with Gasteiger partial charge in [-0.1, -0.05) is 26.0 Å². The second-order valence-electron chi connectivity index (χ2n) is 3.87. The van der Waals surface area contributed by atoms with Gasteiger partial charge in [-0.15, -0.1) is 0 Å². The summed E-state index contributed by atoms with van der Waals surface area (Å²) in [4.78, 5) is 11.2. The van der Waals surface area contributed by atoms with Crippen LogP contribution in [0.4, 0.5) is 0 Å². The van der Waals surface area contributed by atoms with Crippen molar-refractivity contribution < 1.29 is 9.53 Å². The predicted octanol–water partition coefficient (Wildman–Crippen LogP) is 2.01. The number of carbonyl (C=O) groups excluding carboxylic acids is 1. The number of rotatable bonds is 2. The largest absolute Gasteiger partial charge is 0.469 e. The van der Waals surface area contributed by atoms with E-state index in [4.69, 9.17) is 4.74 Å². The number of hydrogen-bond donors (Lipinski definition) is 0. The van der Waals surface area contributed by atoms with Gasteiger partial charge in [0.05, 0.1) is 13.0 Å². The molecule has 0 aliphatic heterocycles. The zero-order valence-corrected chi connectivity index (χ0v) is 8.13. The van der Waals surface area contributed by atoms with Crippen LogP contribution in [-0.4, -0.2) is 13.1 Å². The van der Waals surface area contributed by atoms with Crippen LogP contribution in [-0.2, 0) is 9.53 Å². The van der Waals surface area contributed by atoms with Gasteiger partial charge in [0.1, 0.15) is 0 Å². The first kappa shape index (κ1) is 9.30. The summed E-state index contributed by atoms with van der Waals surface area (Å²) in [6, 6.07) is 0. The van der Waals surface area contributed by atoms with Gasteiger partial charge in [-0.25, -0.2) is 0 Å². The Morgan fingerprint density at radius 1 is 1.50 bits per heavy atom. The summed E-state index contributed by atoms with van der Waals surface area (Å²) in [6.07, 6.45) is 4.08. The third kappa shape index (κ3) is 1.26. The molecule has 0 radical (unpaired) electrons. The summed E-state index contributed by atoms with van der Waals surface area (Å²) in [5, 5.41) is 0. The number of hydrogen-bond acceptors (Lipinski definition) is 2. The maximum Gasteiger partial charge on any atom is 0.309 e. The molecule has 0 unspecified atom stereocenters. The highest BCUT2D eigenvalue weighted by atomic mass is 16.5. The molecule has 0 N–H and O–H groups in total. The molecule has 1 saturated carbocycles. The lowest BCUT2D eigenvalue weighted by atomic mass is 10.1. The fraction of sp³-hybridized carbons (Fsp3) is 0.700. The molecule has 1 rings (SSSR count). The highest BCUT2D eigenvalue weighted by Gasteiger charge is 2.60. The first-order valence-corrected chi connectivity index (χ1v) is 4.26. The van der Waals surface area contributed by atoms with Crippen LogP contribution in [0.3, 0.4) is 0 Å². The Morgan fingerprint density at radius 3 is 2.50 bits per heavy atom. The Kier molecular flexibility index (Phi) is 2.27. The van der Waals surface area contributed by atoms with Crippen LogP contribution in [0, 0.1) is 17.3 Å². The fourth-order valence-corrected chi connectivity index (χ4v) is 1.82. The summed E-state index contributed by atoms with van der Waals surface area (Å²) >= 11 is 0. The van der Waals surface area contributed by atoms with Crippen molar-refractivity contribution in [2.24, 2.45) is 17.3 Å². The molecule has 0 aromatic heterocycles. The molecule has 0 heterocycles. The maximum absolute atomic E-state index is 11.2. The van der Waals surface area contributed by atoms with Crippen molar-refractivity contribution in [3.05, 3.63) is 12.2 Å². The molecular weight excluding hydrogens is 152 g/mol. The van der Waals surface area contributed by atoms with Gasteiger partial charge in [-0.05, 0) is 18.3 Å². The van der Waals surface area contributed by atoms with Crippen LogP contribution in [0.2, 0.25) is 0 Å². The molecule has 2 atom stereocenters. The minimum atomic E-state index is -0.0805. The Balaban J connectivity index is 2.66. The third-order valence-corrected chi connectivity index (χ3v) is 2.77. The summed E-state index contributed by atoms with van der Waals surface area (Å²) < 4.78 is 4.71. The van der Waals surface area contributed by atoms with Crippen molar-refractivity contribution in [2.75, 3.05) is 7.11 Å². The normalized spacial score (nSPS) is 32.0. The zero-order chi connectivity index (χ0) is 9.35. The average Bonchev–Trinajstić information content (AvgIpc) is 2.53. The highest BCUT2D eigenvalue weighted by Crippen LogP contribution is 2.59. The smallest absolute Gasteiger partial charge is 0.309 e. The second kappa shape index (κ2) is 2.92. The number of methoxy groups -OCH3 is 1. The van der Waals surface area contributed by atoms with Crippen molar-refractivity contribution in [2.45, 2.75) is 20.8 Å². The zero-order valence-electron chi connectivity index (χ0n) is 8.13. The van der Waals surface area contributed by atoms with E-state index in [9.17, 15) is 4.79 Å². The molecule has 0 aromatic rings. The van der Waals surface area contributed by atoms with Gasteiger partial charge in [0, 0.05) is 0 Å². The monoisotopic (exact) mass is 168 g/mol. The van der Waals surface area contributed by atoms with Crippen molar-refractivity contribution in [1.29, 1.82) is 0 Å². The molecule has 2 nitrogen and oxygen atoms in total. The number of esters is 1. The molecule has 0 spiro atoms. The van der Waals surface area contributed by atoms with Crippen LogP contribution in [0.15, 0.2) is 12.2 Å². The third-order valence-electron chi connectivity index (χ3n) is 2.77. The van der Waals surface area contributed by atoms with Crippen LogP contribution < -0.4 is 0 Å². The minimum absolute atomic E-state index is 0.0682. The van der Waals surface area contributed by atoms with E-state index in [1.54, 1.807) is 0 Å². The molecule has 1 aliphatic rings. The van der Waals surface area contributed by atoms with Crippen LogP contribution in [0.25, 0.3) is 0 Å². The van der Waals surface area contributed by atoms with E-state index in [1.165, 1.54) is 7.11 Å². The van der Waals surface area contributed by atoms with Gasteiger partial charge in [0.25, 0.3) is 0 Å². The van der Waals surface area contributed by atoms with E-state index >= 15 is 0 Å². The molecule has 0 saturated heterocycles. The van der Waals surface area contributed by atoms with Gasteiger partial charge in [-0.3, -0.25) is 4.79 Å². The molecule has 68 valence electrons. The van der Waals surface area contributed by atoms with Gasteiger partial charge in [0.15, 0.2) is 0 Å². The molecule has 0 aromatic carbocycles. The quantitative estimate of drug-likeness (QED) is 0.465. The Morgan fingerprint density at radius 2 is 2.08 bits per heavy atom. The van der Waals surface area contributed by atoms with E-state index in [2.05, 4.69) is 19.9 Å². The van der Waals surface area contributed by atoms with Crippen molar-refractivity contribution in [3.8, 4) is 0 Å². The van der Waals surface area contributed by atoms with E-state index in [1.807, 2.05) is 13.0 Å². The number of ether oxygens (including phenoxy) is 1. The maximum atomic E-state index is 11.2. The van der Waals surface area contributed by atoms with E-state index < -0.39 is 0 Å². The first-order chi connectivity index (χ1) is 5.55. The summed E-state index contributed by atoms with van der Waals surface area (Å²) in [5.74, 6) is 0.358. The highest BCUT2D eigenvalue weighted by molar-refractivity contribution is 5.78. The molecule has 1 aliphatic carbocycles. The topological polar surface area (TPSA) is 26.3 Å².